The second-order valence-electron chi connectivity index (χ2n) is 5.62. The number of nitro groups is 1. The van der Waals surface area contributed by atoms with E-state index in [9.17, 15) is 10.1 Å². The zero-order valence-electron chi connectivity index (χ0n) is 14.0. The molecule has 8 nitrogen and oxygen atoms in total. The van der Waals surface area contributed by atoms with E-state index in [1.165, 1.54) is 23.9 Å². The summed E-state index contributed by atoms with van der Waals surface area (Å²) in [6.45, 7) is 1.10. The SMILES string of the molecule is O=[N+]([O-])c1ccc(/C=N/C2=NNC(c3ccc4c(c3)OCCO4)=CS2)cc1. The van der Waals surface area contributed by atoms with Crippen LogP contribution in [0.2, 0.25) is 0 Å². The lowest BCUT2D eigenvalue weighted by atomic mass is 10.1. The van der Waals surface area contributed by atoms with E-state index >= 15 is 0 Å². The standard InChI is InChI=1S/C18H14N4O4S/c23-22(24)14-4-1-12(2-5-14)10-19-18-21-20-15(11-27-18)13-3-6-16-17(9-13)26-8-7-25-16/h1-6,9-11,20H,7-8H2/b19-10+. The topological polar surface area (TPSA) is 98.4 Å². The number of nitrogens with one attached hydrogen (secondary N) is 1. The highest BCUT2D eigenvalue weighted by Gasteiger charge is 2.15. The minimum absolute atomic E-state index is 0.0465. The van der Waals surface area contributed by atoms with Crippen LogP contribution in [0.25, 0.3) is 5.70 Å². The Labute approximate surface area is 158 Å². The summed E-state index contributed by atoms with van der Waals surface area (Å²) in [4.78, 5) is 14.5. The molecule has 0 aliphatic carbocycles. The van der Waals surface area contributed by atoms with Crippen molar-refractivity contribution in [2.24, 2.45) is 10.1 Å². The van der Waals surface area contributed by atoms with Crippen molar-refractivity contribution in [3.63, 3.8) is 0 Å². The fraction of sp³-hybridized carbons (Fsp3) is 0.111. The molecule has 9 heteroatoms. The first-order valence-corrected chi connectivity index (χ1v) is 8.96. The number of hydrogen-bond acceptors (Lipinski definition) is 8. The van der Waals surface area contributed by atoms with E-state index in [0.717, 1.165) is 28.3 Å². The molecule has 0 amide bonds. The second-order valence-corrected chi connectivity index (χ2v) is 6.46. The molecule has 4 rings (SSSR count). The molecule has 2 aliphatic rings. The summed E-state index contributed by atoms with van der Waals surface area (Å²) in [5.41, 5.74) is 5.56. The number of non-ortho nitro benzene ring substituents is 1. The first kappa shape index (κ1) is 17.1. The van der Waals surface area contributed by atoms with Gasteiger partial charge < -0.3 is 9.47 Å². The van der Waals surface area contributed by atoms with E-state index in [2.05, 4.69) is 15.5 Å². The number of amidine groups is 1. The van der Waals surface area contributed by atoms with Crippen LogP contribution < -0.4 is 14.9 Å². The number of thioether (sulfide) groups is 1. The lowest BCUT2D eigenvalue weighted by Crippen LogP contribution is -2.16. The molecular formula is C18H14N4O4S. The Morgan fingerprint density at radius 1 is 1.15 bits per heavy atom. The Kier molecular flexibility index (Phi) is 4.75. The van der Waals surface area contributed by atoms with Gasteiger partial charge in [-0.15, -0.1) is 5.10 Å². The molecule has 2 aromatic carbocycles. The molecule has 0 radical (unpaired) electrons. The Bertz CT molecular complexity index is 970. The van der Waals surface area contributed by atoms with Crippen LogP contribution in [-0.4, -0.2) is 29.5 Å². The van der Waals surface area contributed by atoms with E-state index in [4.69, 9.17) is 9.47 Å². The summed E-state index contributed by atoms with van der Waals surface area (Å²) >= 11 is 1.38. The van der Waals surface area contributed by atoms with E-state index in [-0.39, 0.29) is 5.69 Å². The number of benzene rings is 2. The molecule has 0 atom stereocenters. The maximum Gasteiger partial charge on any atom is 0.269 e. The summed E-state index contributed by atoms with van der Waals surface area (Å²) in [7, 11) is 0. The van der Waals surface area contributed by atoms with E-state index in [0.29, 0.717) is 18.4 Å². The van der Waals surface area contributed by atoms with Gasteiger partial charge in [0, 0.05) is 29.3 Å². The number of hydrazone groups is 1. The fourth-order valence-corrected chi connectivity index (χ4v) is 3.11. The minimum Gasteiger partial charge on any atom is -0.486 e. The van der Waals surface area contributed by atoms with Gasteiger partial charge in [-0.2, -0.15) is 0 Å². The number of nitrogens with zero attached hydrogens (tertiary/aromatic N) is 3. The maximum atomic E-state index is 10.7. The third kappa shape index (κ3) is 3.93. The summed E-state index contributed by atoms with van der Waals surface area (Å²) in [6, 6.07) is 11.9. The summed E-state index contributed by atoms with van der Waals surface area (Å²) in [6.07, 6.45) is 1.61. The van der Waals surface area contributed by atoms with Gasteiger partial charge >= 0.3 is 0 Å². The number of hydrogen-bond donors (Lipinski definition) is 1. The molecule has 1 N–H and O–H groups in total. The smallest absolute Gasteiger partial charge is 0.269 e. The van der Waals surface area contributed by atoms with Crippen molar-refractivity contribution in [3.05, 3.63) is 69.1 Å². The van der Waals surface area contributed by atoms with Crippen LogP contribution in [0.15, 0.2) is 58.0 Å². The molecule has 0 unspecified atom stereocenters. The third-order valence-corrected chi connectivity index (χ3v) is 4.60. The molecule has 136 valence electrons. The first-order valence-electron chi connectivity index (χ1n) is 8.08. The van der Waals surface area contributed by atoms with Crippen LogP contribution in [0.1, 0.15) is 11.1 Å². The Hall–Kier alpha value is -3.33. The molecule has 2 aromatic rings. The van der Waals surface area contributed by atoms with Gasteiger partial charge in [-0.05, 0) is 35.9 Å². The van der Waals surface area contributed by atoms with Crippen molar-refractivity contribution in [3.8, 4) is 11.5 Å². The molecule has 0 spiro atoms. The van der Waals surface area contributed by atoms with Gasteiger partial charge in [0.05, 0.1) is 10.6 Å². The van der Waals surface area contributed by atoms with Gasteiger partial charge in [0.2, 0.25) is 5.17 Å². The zero-order chi connectivity index (χ0) is 18.6. The van der Waals surface area contributed by atoms with Gasteiger partial charge in [0.25, 0.3) is 5.69 Å². The van der Waals surface area contributed by atoms with Crippen molar-refractivity contribution in [2.45, 2.75) is 0 Å². The number of fused-ring (bicyclic) bond motifs is 1. The van der Waals surface area contributed by atoms with Crippen LogP contribution in [0.5, 0.6) is 11.5 Å². The van der Waals surface area contributed by atoms with Gasteiger partial charge in [0.1, 0.15) is 13.2 Å². The zero-order valence-corrected chi connectivity index (χ0v) is 14.8. The molecule has 27 heavy (non-hydrogen) atoms. The van der Waals surface area contributed by atoms with Crippen molar-refractivity contribution in [1.29, 1.82) is 0 Å². The average Bonchev–Trinajstić information content (AvgIpc) is 2.72. The lowest BCUT2D eigenvalue weighted by molar-refractivity contribution is -0.384. The highest BCUT2D eigenvalue weighted by molar-refractivity contribution is 8.16. The predicted octanol–water partition coefficient (Wildman–Crippen LogP) is 3.39. The Morgan fingerprint density at radius 2 is 1.93 bits per heavy atom. The van der Waals surface area contributed by atoms with Crippen LogP contribution >= 0.6 is 11.8 Å². The molecule has 0 saturated heterocycles. The van der Waals surface area contributed by atoms with Crippen LogP contribution in [-0.2, 0) is 0 Å². The third-order valence-electron chi connectivity index (χ3n) is 3.84. The largest absolute Gasteiger partial charge is 0.486 e. The number of ether oxygens (including phenoxy) is 2. The van der Waals surface area contributed by atoms with Gasteiger partial charge in [-0.1, -0.05) is 11.8 Å². The second kappa shape index (κ2) is 7.50. The minimum atomic E-state index is -0.434. The van der Waals surface area contributed by atoms with E-state index in [1.54, 1.807) is 18.3 Å². The predicted molar refractivity (Wildman–Crippen MR) is 104 cm³/mol. The van der Waals surface area contributed by atoms with Crippen LogP contribution in [0.3, 0.4) is 0 Å². The van der Waals surface area contributed by atoms with Gasteiger partial charge in [0.15, 0.2) is 11.5 Å². The van der Waals surface area contributed by atoms with Crippen molar-refractivity contribution < 1.29 is 14.4 Å². The van der Waals surface area contributed by atoms with Gasteiger partial charge in [-0.25, -0.2) is 4.99 Å². The molecule has 0 aromatic heterocycles. The lowest BCUT2D eigenvalue weighted by Gasteiger charge is -2.20. The monoisotopic (exact) mass is 382 g/mol. The normalized spacial score (nSPS) is 15.7. The fourth-order valence-electron chi connectivity index (χ4n) is 2.49. The van der Waals surface area contributed by atoms with Crippen LogP contribution in [0.4, 0.5) is 5.69 Å². The van der Waals surface area contributed by atoms with Crippen molar-refractivity contribution in [2.75, 3.05) is 13.2 Å². The molecule has 0 fully saturated rings. The van der Waals surface area contributed by atoms with Gasteiger partial charge in [-0.3, -0.25) is 15.5 Å². The average molecular weight is 382 g/mol. The summed E-state index contributed by atoms with van der Waals surface area (Å²) in [5, 5.41) is 17.4. The molecule has 0 saturated carbocycles. The van der Waals surface area contributed by atoms with E-state index < -0.39 is 4.92 Å². The molecular weight excluding hydrogens is 368 g/mol. The summed E-state index contributed by atoms with van der Waals surface area (Å²) in [5.74, 6) is 1.46. The quantitative estimate of drug-likeness (QED) is 0.496. The molecule has 0 bridgehead atoms. The van der Waals surface area contributed by atoms with Crippen molar-refractivity contribution in [1.82, 2.24) is 5.43 Å². The summed E-state index contributed by atoms with van der Waals surface area (Å²) < 4.78 is 11.1. The Morgan fingerprint density at radius 3 is 2.63 bits per heavy atom. The van der Waals surface area contributed by atoms with Crippen LogP contribution in [0, 0.1) is 10.1 Å². The highest BCUT2D eigenvalue weighted by Crippen LogP contribution is 2.33. The Balaban J connectivity index is 1.41. The molecule has 2 aliphatic heterocycles. The van der Waals surface area contributed by atoms with Crippen molar-refractivity contribution >= 4 is 34.5 Å². The number of nitro benzene ring substituents is 1. The van der Waals surface area contributed by atoms with E-state index in [1.807, 2.05) is 23.6 Å². The number of aliphatic imine (C=N–C) groups is 1. The highest BCUT2D eigenvalue weighted by atomic mass is 32.2. The number of rotatable bonds is 3. The maximum absolute atomic E-state index is 10.7. The molecule has 2 heterocycles. The first-order chi connectivity index (χ1) is 13.2.